The van der Waals surface area contributed by atoms with Crippen LogP contribution in [0.15, 0.2) is 18.2 Å². The van der Waals surface area contributed by atoms with Crippen LogP contribution in [0.2, 0.25) is 0 Å². The Morgan fingerprint density at radius 3 is 1.83 bits per heavy atom. The van der Waals surface area contributed by atoms with Crippen LogP contribution in [0.1, 0.15) is 77.5 Å². The lowest BCUT2D eigenvalue weighted by Crippen LogP contribution is -2.22. The maximum absolute atomic E-state index is 2.45. The fraction of sp³-hybridized carbons (Fsp3) is 0.750. The molecule has 0 radical (unpaired) electrons. The van der Waals surface area contributed by atoms with Gasteiger partial charge in [0.1, 0.15) is 0 Å². The van der Waals surface area contributed by atoms with Crippen LogP contribution in [0.4, 0.5) is 0 Å². The molecule has 2 aliphatic rings. The number of hydrogen-bond acceptors (Lipinski definition) is 0. The monoisotopic (exact) mass is 330 g/mol. The lowest BCUT2D eigenvalue weighted by Gasteiger charge is -2.29. The Morgan fingerprint density at radius 2 is 1.50 bits per heavy atom. The summed E-state index contributed by atoms with van der Waals surface area (Å²) in [5.41, 5.74) is 4.11. The van der Waals surface area contributed by atoms with Crippen LogP contribution in [0, 0.1) is 56.3 Å². The number of benzene rings is 1. The zero-order valence-corrected chi connectivity index (χ0v) is 17.8. The van der Waals surface area contributed by atoms with E-state index in [2.05, 4.69) is 80.5 Å². The summed E-state index contributed by atoms with van der Waals surface area (Å²) in [6.07, 6.45) is 4.37. The van der Waals surface area contributed by atoms with Crippen molar-refractivity contribution in [1.29, 1.82) is 0 Å². The molecule has 2 fully saturated rings. The summed E-state index contributed by atoms with van der Waals surface area (Å²) in [5, 5.41) is 0. The number of rotatable bonds is 1. The van der Waals surface area contributed by atoms with Crippen molar-refractivity contribution in [2.75, 3.05) is 0 Å². The van der Waals surface area contributed by atoms with Gasteiger partial charge in [0.25, 0.3) is 0 Å². The minimum absolute atomic E-state index is 0.884. The Labute approximate surface area is 152 Å². The van der Waals surface area contributed by atoms with E-state index in [1.54, 1.807) is 6.42 Å². The van der Waals surface area contributed by atoms with Gasteiger partial charge in [-0.25, -0.2) is 0 Å². The first-order chi connectivity index (χ1) is 11.2. The number of fused-ring (bicyclic) bond motifs is 2. The predicted molar refractivity (Wildman–Crippen MR) is 109 cm³/mol. The molecule has 0 heterocycles. The molecule has 2 saturated carbocycles. The average Bonchev–Trinajstić information content (AvgIpc) is 3.03. The van der Waals surface area contributed by atoms with Gasteiger partial charge in [-0.15, -0.1) is 0 Å². The highest BCUT2D eigenvalue weighted by atomic mass is 14.5. The van der Waals surface area contributed by atoms with Crippen LogP contribution in [0.3, 0.4) is 0 Å². The van der Waals surface area contributed by atoms with Crippen molar-refractivity contribution in [3.8, 4) is 0 Å². The van der Waals surface area contributed by atoms with Crippen LogP contribution < -0.4 is 0 Å². The second kappa shape index (κ2) is 9.64. The Bertz CT molecular complexity index is 483. The highest BCUT2D eigenvalue weighted by Gasteiger charge is 2.46. The van der Waals surface area contributed by atoms with E-state index >= 15 is 0 Å². The Balaban J connectivity index is 0.000000192. The molecule has 2 aliphatic carbocycles. The highest BCUT2D eigenvalue weighted by molar-refractivity contribution is 5.28. The maximum atomic E-state index is 2.45. The van der Waals surface area contributed by atoms with Gasteiger partial charge in [0, 0.05) is 0 Å². The molecule has 5 unspecified atom stereocenters. The van der Waals surface area contributed by atoms with Gasteiger partial charge >= 0.3 is 0 Å². The SMILES string of the molecule is CC1CC2CC1C(C)C2C.CCC(C)C.Cc1ccc(C)c(C)c1. The smallest absolute Gasteiger partial charge is 0.0357 e. The van der Waals surface area contributed by atoms with Gasteiger partial charge in [-0.1, -0.05) is 71.7 Å². The second-order valence-corrected chi connectivity index (χ2v) is 8.98. The summed E-state index contributed by atoms with van der Waals surface area (Å²) in [6.45, 7) is 20.4. The van der Waals surface area contributed by atoms with E-state index in [4.69, 9.17) is 0 Å². The second-order valence-electron chi connectivity index (χ2n) is 8.98. The molecule has 0 heteroatoms. The molecule has 138 valence electrons. The van der Waals surface area contributed by atoms with Gasteiger partial charge in [-0.05, 0) is 80.2 Å². The van der Waals surface area contributed by atoms with Gasteiger partial charge in [0.05, 0.1) is 0 Å². The summed E-state index contributed by atoms with van der Waals surface area (Å²) in [7, 11) is 0. The summed E-state index contributed by atoms with van der Waals surface area (Å²) in [4.78, 5) is 0. The zero-order valence-electron chi connectivity index (χ0n) is 17.8. The molecule has 0 N–H and O–H groups in total. The molecule has 5 atom stereocenters. The van der Waals surface area contributed by atoms with Crippen LogP contribution in [-0.4, -0.2) is 0 Å². The molecule has 1 aromatic rings. The number of aryl methyl sites for hydroxylation is 3. The van der Waals surface area contributed by atoms with Crippen molar-refractivity contribution in [2.24, 2.45) is 35.5 Å². The topological polar surface area (TPSA) is 0 Å². The molecule has 0 amide bonds. The fourth-order valence-corrected chi connectivity index (χ4v) is 4.20. The van der Waals surface area contributed by atoms with Crippen LogP contribution in [0.25, 0.3) is 0 Å². The molecule has 0 nitrogen and oxygen atoms in total. The molecule has 0 saturated heterocycles. The van der Waals surface area contributed by atoms with Crippen LogP contribution >= 0.6 is 0 Å². The number of hydrogen-bond donors (Lipinski definition) is 0. The first-order valence-electron chi connectivity index (χ1n) is 10.2. The van der Waals surface area contributed by atoms with E-state index in [1.165, 1.54) is 29.5 Å². The van der Waals surface area contributed by atoms with E-state index < -0.39 is 0 Å². The van der Waals surface area contributed by atoms with E-state index in [0.717, 1.165) is 35.5 Å². The van der Waals surface area contributed by atoms with E-state index in [9.17, 15) is 0 Å². The lowest BCUT2D eigenvalue weighted by molar-refractivity contribution is 0.201. The average molecular weight is 331 g/mol. The fourth-order valence-electron chi connectivity index (χ4n) is 4.20. The lowest BCUT2D eigenvalue weighted by atomic mass is 9.77. The summed E-state index contributed by atoms with van der Waals surface area (Å²) >= 11 is 0. The van der Waals surface area contributed by atoms with Gasteiger partial charge in [-0.3, -0.25) is 0 Å². The first-order valence-corrected chi connectivity index (χ1v) is 10.2. The summed E-state index contributed by atoms with van der Waals surface area (Å²) < 4.78 is 0. The van der Waals surface area contributed by atoms with Crippen molar-refractivity contribution in [3.63, 3.8) is 0 Å². The summed E-state index contributed by atoms with van der Waals surface area (Å²) in [6, 6.07) is 6.50. The van der Waals surface area contributed by atoms with Crippen molar-refractivity contribution >= 4 is 0 Å². The third-order valence-corrected chi connectivity index (χ3v) is 6.71. The van der Waals surface area contributed by atoms with E-state index in [-0.39, 0.29) is 0 Å². The minimum atomic E-state index is 0.884. The molecule has 0 aromatic heterocycles. The standard InChI is InChI=1S/C10H18.C9H12.C5H12/c1-6-4-9-5-10(6)8(3)7(9)2;1-7-4-5-8(2)9(3)6-7;1-4-5(2)3/h6-10H,4-5H2,1-3H3;4-6H,1-3H3;5H,4H2,1-3H3. The Hall–Kier alpha value is -0.780. The molecule has 24 heavy (non-hydrogen) atoms. The minimum Gasteiger partial charge on any atom is -0.0651 e. The third kappa shape index (κ3) is 5.94. The van der Waals surface area contributed by atoms with Gasteiger partial charge in [-0.2, -0.15) is 0 Å². The molecule has 3 rings (SSSR count). The van der Waals surface area contributed by atoms with Gasteiger partial charge in [0.2, 0.25) is 0 Å². The Morgan fingerprint density at radius 1 is 0.917 bits per heavy atom. The van der Waals surface area contributed by atoms with Crippen LogP contribution in [-0.2, 0) is 0 Å². The van der Waals surface area contributed by atoms with Crippen molar-refractivity contribution in [1.82, 2.24) is 0 Å². The van der Waals surface area contributed by atoms with E-state index in [1.807, 2.05) is 0 Å². The third-order valence-electron chi connectivity index (χ3n) is 6.71. The quantitative estimate of drug-likeness (QED) is 0.497. The normalized spacial score (nSPS) is 30.5. The zero-order chi connectivity index (χ0) is 18.4. The maximum Gasteiger partial charge on any atom is -0.0357 e. The van der Waals surface area contributed by atoms with E-state index in [0.29, 0.717) is 0 Å². The van der Waals surface area contributed by atoms with Gasteiger partial charge < -0.3 is 0 Å². The molecule has 1 aromatic carbocycles. The largest absolute Gasteiger partial charge is 0.0651 e. The van der Waals surface area contributed by atoms with Crippen molar-refractivity contribution < 1.29 is 0 Å². The predicted octanol–water partition coefficient (Wildman–Crippen LogP) is 7.60. The molecular weight excluding hydrogens is 288 g/mol. The van der Waals surface area contributed by atoms with Crippen LogP contribution in [0.5, 0.6) is 0 Å². The molecular formula is C24H42. The Kier molecular flexibility index (Phi) is 8.54. The van der Waals surface area contributed by atoms with Crippen molar-refractivity contribution in [2.45, 2.75) is 81.6 Å². The molecule has 0 aliphatic heterocycles. The molecule has 2 bridgehead atoms. The molecule has 0 spiro atoms. The highest BCUT2D eigenvalue weighted by Crippen LogP contribution is 2.54. The first kappa shape index (κ1) is 21.3. The summed E-state index contributed by atoms with van der Waals surface area (Å²) in [5.74, 6) is 6.15. The van der Waals surface area contributed by atoms with Gasteiger partial charge in [0.15, 0.2) is 0 Å². The van der Waals surface area contributed by atoms with Crippen molar-refractivity contribution in [3.05, 3.63) is 34.9 Å².